The highest BCUT2D eigenvalue weighted by molar-refractivity contribution is 6.07. The Morgan fingerprint density at radius 1 is 1.21 bits per heavy atom. The topological polar surface area (TPSA) is 77.6 Å². The maximum atomic E-state index is 13.1. The minimum absolute atomic E-state index is 0.130. The number of aryl methyl sites for hydroxylation is 3. The number of amides is 1. The average molecular weight is 388 g/mol. The SMILES string of the molecule is CCn1ncc(CNC(=O)c2cc(-c3cn(C)nc3C)nc3ccccc23)c1C. The van der Waals surface area contributed by atoms with Crippen LogP contribution < -0.4 is 5.32 Å². The molecule has 0 fully saturated rings. The van der Waals surface area contributed by atoms with Crippen molar-refractivity contribution in [2.75, 3.05) is 0 Å². The summed E-state index contributed by atoms with van der Waals surface area (Å²) >= 11 is 0. The molecule has 0 radical (unpaired) electrons. The maximum Gasteiger partial charge on any atom is 0.252 e. The van der Waals surface area contributed by atoms with Crippen LogP contribution in [0.4, 0.5) is 0 Å². The smallest absolute Gasteiger partial charge is 0.252 e. The highest BCUT2D eigenvalue weighted by Crippen LogP contribution is 2.26. The van der Waals surface area contributed by atoms with Crippen molar-refractivity contribution in [1.29, 1.82) is 0 Å². The van der Waals surface area contributed by atoms with Crippen LogP contribution in [-0.4, -0.2) is 30.5 Å². The molecule has 0 saturated heterocycles. The molecule has 4 rings (SSSR count). The lowest BCUT2D eigenvalue weighted by molar-refractivity contribution is 0.0952. The Balaban J connectivity index is 1.70. The fraction of sp³-hybridized carbons (Fsp3) is 0.273. The largest absolute Gasteiger partial charge is 0.348 e. The minimum Gasteiger partial charge on any atom is -0.348 e. The van der Waals surface area contributed by atoms with Crippen LogP contribution in [0.3, 0.4) is 0 Å². The summed E-state index contributed by atoms with van der Waals surface area (Å²) in [5, 5.41) is 12.6. The van der Waals surface area contributed by atoms with Crippen molar-refractivity contribution in [3.63, 3.8) is 0 Å². The number of hydrogen-bond acceptors (Lipinski definition) is 4. The van der Waals surface area contributed by atoms with Crippen molar-refractivity contribution in [3.8, 4) is 11.3 Å². The zero-order valence-electron chi connectivity index (χ0n) is 17.1. The molecule has 4 aromatic rings. The number of carbonyl (C=O) groups is 1. The van der Waals surface area contributed by atoms with Crippen LogP contribution in [0.15, 0.2) is 42.7 Å². The third-order valence-electron chi connectivity index (χ3n) is 5.19. The first-order valence-electron chi connectivity index (χ1n) is 9.67. The molecule has 1 aromatic carbocycles. The molecule has 0 aliphatic carbocycles. The van der Waals surface area contributed by atoms with Gasteiger partial charge in [-0.1, -0.05) is 18.2 Å². The Bertz CT molecular complexity index is 1200. The quantitative estimate of drug-likeness (QED) is 0.568. The number of nitrogens with one attached hydrogen (secondary N) is 1. The number of fused-ring (bicyclic) bond motifs is 1. The van der Waals surface area contributed by atoms with Crippen molar-refractivity contribution in [1.82, 2.24) is 29.9 Å². The third kappa shape index (κ3) is 3.51. The molecule has 0 saturated carbocycles. The number of aromatic nitrogens is 5. The van der Waals surface area contributed by atoms with Gasteiger partial charge in [0.15, 0.2) is 0 Å². The number of benzene rings is 1. The van der Waals surface area contributed by atoms with E-state index in [1.54, 1.807) is 4.68 Å². The van der Waals surface area contributed by atoms with E-state index in [1.807, 2.05) is 75.2 Å². The van der Waals surface area contributed by atoms with Gasteiger partial charge in [0.25, 0.3) is 5.91 Å². The first-order valence-corrected chi connectivity index (χ1v) is 9.67. The van der Waals surface area contributed by atoms with Gasteiger partial charge in [-0.25, -0.2) is 4.98 Å². The van der Waals surface area contributed by atoms with Crippen LogP contribution in [0.5, 0.6) is 0 Å². The summed E-state index contributed by atoms with van der Waals surface area (Å²) in [5.74, 6) is -0.130. The van der Waals surface area contributed by atoms with Gasteiger partial charge in [0.05, 0.1) is 28.7 Å². The van der Waals surface area contributed by atoms with E-state index in [-0.39, 0.29) is 5.91 Å². The molecule has 1 amide bonds. The first-order chi connectivity index (χ1) is 14.0. The average Bonchev–Trinajstić information content (AvgIpc) is 3.25. The van der Waals surface area contributed by atoms with Crippen molar-refractivity contribution in [3.05, 3.63) is 65.2 Å². The van der Waals surface area contributed by atoms with Crippen LogP contribution in [0.25, 0.3) is 22.2 Å². The molecular weight excluding hydrogens is 364 g/mol. The Morgan fingerprint density at radius 2 is 2.00 bits per heavy atom. The van der Waals surface area contributed by atoms with Crippen LogP contribution in [0.2, 0.25) is 0 Å². The molecule has 0 aliphatic heterocycles. The number of para-hydroxylation sites is 1. The van der Waals surface area contributed by atoms with Gasteiger partial charge in [0.2, 0.25) is 0 Å². The summed E-state index contributed by atoms with van der Waals surface area (Å²) in [5.41, 5.74) is 6.02. The van der Waals surface area contributed by atoms with Gasteiger partial charge in [-0.3, -0.25) is 14.2 Å². The molecule has 0 unspecified atom stereocenters. The summed E-state index contributed by atoms with van der Waals surface area (Å²) in [6, 6.07) is 9.56. The zero-order chi connectivity index (χ0) is 20.5. The summed E-state index contributed by atoms with van der Waals surface area (Å²) in [4.78, 5) is 17.9. The molecule has 7 heteroatoms. The van der Waals surface area contributed by atoms with E-state index in [1.165, 1.54) is 0 Å². The standard InChI is InChI=1S/C22H24N6O/c1-5-28-15(3)16(12-24-28)11-23-22(29)18-10-21(19-13-27(4)26-14(19)2)25-20-9-7-6-8-17(18)20/h6-10,12-13H,5,11H2,1-4H3,(H,23,29). The third-order valence-corrected chi connectivity index (χ3v) is 5.19. The van der Waals surface area contributed by atoms with Gasteiger partial charge in [0, 0.05) is 48.5 Å². The molecule has 3 aromatic heterocycles. The van der Waals surface area contributed by atoms with E-state index < -0.39 is 0 Å². The van der Waals surface area contributed by atoms with Gasteiger partial charge >= 0.3 is 0 Å². The summed E-state index contributed by atoms with van der Waals surface area (Å²) < 4.78 is 3.68. The Kier molecular flexibility index (Phi) is 4.88. The molecule has 29 heavy (non-hydrogen) atoms. The fourth-order valence-electron chi connectivity index (χ4n) is 3.60. The van der Waals surface area contributed by atoms with Gasteiger partial charge < -0.3 is 5.32 Å². The van der Waals surface area contributed by atoms with E-state index in [0.29, 0.717) is 12.1 Å². The Morgan fingerprint density at radius 3 is 2.69 bits per heavy atom. The number of rotatable bonds is 5. The van der Waals surface area contributed by atoms with Crippen molar-refractivity contribution < 1.29 is 4.79 Å². The van der Waals surface area contributed by atoms with E-state index in [9.17, 15) is 4.79 Å². The molecule has 7 nitrogen and oxygen atoms in total. The molecule has 0 aliphatic rings. The monoisotopic (exact) mass is 388 g/mol. The van der Waals surface area contributed by atoms with Crippen LogP contribution in [0.1, 0.15) is 34.2 Å². The number of hydrogen-bond donors (Lipinski definition) is 1. The molecule has 0 spiro atoms. The first kappa shape index (κ1) is 18.9. The normalized spacial score (nSPS) is 11.2. The van der Waals surface area contributed by atoms with Gasteiger partial charge in [-0.2, -0.15) is 10.2 Å². The molecule has 0 bridgehead atoms. The van der Waals surface area contributed by atoms with Crippen molar-refractivity contribution in [2.45, 2.75) is 33.9 Å². The second kappa shape index (κ2) is 7.50. The predicted octanol–water partition coefficient (Wildman–Crippen LogP) is 3.40. The van der Waals surface area contributed by atoms with Gasteiger partial charge in [-0.05, 0) is 32.9 Å². The molecule has 3 heterocycles. The Hall–Kier alpha value is -3.48. The predicted molar refractivity (Wildman–Crippen MR) is 112 cm³/mol. The van der Waals surface area contributed by atoms with E-state index in [0.717, 1.165) is 45.7 Å². The van der Waals surface area contributed by atoms with E-state index in [4.69, 9.17) is 4.98 Å². The fourth-order valence-corrected chi connectivity index (χ4v) is 3.60. The van der Waals surface area contributed by atoms with Crippen LogP contribution in [0, 0.1) is 13.8 Å². The molecular formula is C22H24N6O. The minimum atomic E-state index is -0.130. The molecule has 0 atom stereocenters. The lowest BCUT2D eigenvalue weighted by Gasteiger charge is -2.10. The van der Waals surface area contributed by atoms with E-state index in [2.05, 4.69) is 15.5 Å². The van der Waals surface area contributed by atoms with Gasteiger partial charge in [-0.15, -0.1) is 0 Å². The summed E-state index contributed by atoms with van der Waals surface area (Å²) in [6.45, 7) is 7.25. The number of carbonyl (C=O) groups excluding carboxylic acids is 1. The number of pyridine rings is 1. The van der Waals surface area contributed by atoms with Crippen LogP contribution in [-0.2, 0) is 20.1 Å². The van der Waals surface area contributed by atoms with Gasteiger partial charge in [0.1, 0.15) is 0 Å². The Labute approximate surface area is 169 Å². The highest BCUT2D eigenvalue weighted by atomic mass is 16.1. The lowest BCUT2D eigenvalue weighted by Crippen LogP contribution is -2.23. The molecule has 148 valence electrons. The molecule has 1 N–H and O–H groups in total. The second-order valence-corrected chi connectivity index (χ2v) is 7.13. The van der Waals surface area contributed by atoms with Crippen molar-refractivity contribution in [2.24, 2.45) is 7.05 Å². The summed E-state index contributed by atoms with van der Waals surface area (Å²) in [6.07, 6.45) is 3.74. The van der Waals surface area contributed by atoms with E-state index >= 15 is 0 Å². The van der Waals surface area contributed by atoms with Crippen LogP contribution >= 0.6 is 0 Å². The number of nitrogens with zero attached hydrogens (tertiary/aromatic N) is 5. The lowest BCUT2D eigenvalue weighted by atomic mass is 10.0. The van der Waals surface area contributed by atoms with Crippen molar-refractivity contribution >= 4 is 16.8 Å². The second-order valence-electron chi connectivity index (χ2n) is 7.13. The maximum absolute atomic E-state index is 13.1. The zero-order valence-corrected chi connectivity index (χ0v) is 17.1. The highest BCUT2D eigenvalue weighted by Gasteiger charge is 2.16. The summed E-state index contributed by atoms with van der Waals surface area (Å²) in [7, 11) is 1.88.